The van der Waals surface area contributed by atoms with Crippen molar-refractivity contribution >= 4 is 29.5 Å². The lowest BCUT2D eigenvalue weighted by Crippen LogP contribution is -2.36. The smallest absolute Gasteiger partial charge is 0.385 e. The summed E-state index contributed by atoms with van der Waals surface area (Å²) in [6, 6.07) is 8.55. The zero-order valence-electron chi connectivity index (χ0n) is 43.7. The fourth-order valence-corrected chi connectivity index (χ4v) is 11.4. The van der Waals surface area contributed by atoms with E-state index >= 15 is 0 Å². The molecule has 434 valence electrons. The number of nitrogens with zero attached hydrogens (tertiary/aromatic N) is 7. The number of sulfone groups is 3. The summed E-state index contributed by atoms with van der Waals surface area (Å²) >= 11 is 0. The Labute approximate surface area is 452 Å². The van der Waals surface area contributed by atoms with E-state index in [1.807, 2.05) is 4.90 Å². The molecule has 0 spiro atoms. The number of nitrogens with one attached hydrogen (secondary N) is 3. The minimum absolute atomic E-state index is 0.0211. The van der Waals surface area contributed by atoms with Gasteiger partial charge in [-0.3, -0.25) is 4.90 Å². The molecule has 3 rings (SSSR count). The van der Waals surface area contributed by atoms with Crippen LogP contribution in [0.4, 0.5) is 39.5 Å². The lowest BCUT2D eigenvalue weighted by Gasteiger charge is -2.34. The van der Waals surface area contributed by atoms with Crippen molar-refractivity contribution in [2.24, 2.45) is 16.2 Å². The van der Waals surface area contributed by atoms with Gasteiger partial charge in [0.05, 0.1) is 56.4 Å². The molecule has 0 atom stereocenters. The van der Waals surface area contributed by atoms with Crippen LogP contribution in [0.2, 0.25) is 0 Å². The second-order valence-corrected chi connectivity index (χ2v) is 26.1. The minimum atomic E-state index is -6.10. The van der Waals surface area contributed by atoms with Crippen molar-refractivity contribution in [1.29, 1.82) is 31.6 Å². The van der Waals surface area contributed by atoms with E-state index in [1.54, 1.807) is 59.8 Å². The highest BCUT2D eigenvalue weighted by Gasteiger charge is 2.53. The van der Waals surface area contributed by atoms with Gasteiger partial charge in [0.1, 0.15) is 36.4 Å². The maximum absolute atomic E-state index is 13.5. The van der Waals surface area contributed by atoms with Crippen LogP contribution in [0.5, 0.6) is 0 Å². The molecule has 3 aliphatic rings. The van der Waals surface area contributed by atoms with Crippen molar-refractivity contribution in [3.63, 3.8) is 0 Å². The van der Waals surface area contributed by atoms with Crippen LogP contribution < -0.4 is 16.0 Å². The first-order valence-electron chi connectivity index (χ1n) is 23.8. The molecule has 0 aliphatic heterocycles. The van der Waals surface area contributed by atoms with Gasteiger partial charge >= 0.3 is 16.5 Å². The molecule has 0 radical (unpaired) electrons. The molecule has 0 saturated heterocycles. The Balaban J connectivity index is 1.76. The quantitative estimate of drug-likeness (QED) is 0.0496. The average molecular weight is 1190 g/mol. The molecule has 0 aromatic rings. The molecule has 0 bridgehead atoms. The minimum Gasteiger partial charge on any atom is -0.385 e. The number of halogens is 9. The monoisotopic (exact) mass is 1180 g/mol. The van der Waals surface area contributed by atoms with Crippen LogP contribution in [0.15, 0.2) is 65.2 Å². The van der Waals surface area contributed by atoms with Crippen LogP contribution in [0.25, 0.3) is 0 Å². The van der Waals surface area contributed by atoms with Crippen molar-refractivity contribution in [1.82, 2.24) is 20.9 Å². The van der Waals surface area contributed by atoms with Crippen molar-refractivity contribution in [2.45, 2.75) is 96.6 Å². The van der Waals surface area contributed by atoms with Gasteiger partial charge in [-0.15, -0.1) is 0 Å². The molecule has 0 unspecified atom stereocenters. The highest BCUT2D eigenvalue weighted by atomic mass is 32.2. The van der Waals surface area contributed by atoms with Crippen LogP contribution >= 0.6 is 0 Å². The fourth-order valence-electron chi connectivity index (χ4n) is 8.84. The van der Waals surface area contributed by atoms with E-state index in [4.69, 9.17) is 14.2 Å². The van der Waals surface area contributed by atoms with E-state index in [2.05, 4.69) is 16.0 Å². The van der Waals surface area contributed by atoms with E-state index in [-0.39, 0.29) is 135 Å². The van der Waals surface area contributed by atoms with Crippen molar-refractivity contribution in [3.8, 4) is 36.4 Å². The Hall–Kier alpha value is -6.16. The number of hydrogen-bond donors (Lipinski definition) is 3. The first-order chi connectivity index (χ1) is 36.3. The second kappa shape index (κ2) is 26.4. The van der Waals surface area contributed by atoms with Gasteiger partial charge in [0.2, 0.25) is 0 Å². The van der Waals surface area contributed by atoms with Crippen LogP contribution in [0, 0.1) is 84.2 Å². The summed E-state index contributed by atoms with van der Waals surface area (Å²) in [7, 11) is -18.3. The van der Waals surface area contributed by atoms with E-state index in [9.17, 15) is 96.3 Å². The molecule has 0 amide bonds. The number of nitriles is 6. The lowest BCUT2D eigenvalue weighted by atomic mass is 9.74. The summed E-state index contributed by atoms with van der Waals surface area (Å²) in [4.78, 5) is -2.92. The number of ether oxygens (including phenoxy) is 3. The maximum atomic E-state index is 13.5. The average Bonchev–Trinajstić information content (AvgIpc) is 3.30. The standard InChI is InChI=1S/C48H57F9N10O9S3/c1-43(2)19-31(40(28-61)77(68,69)46(49,50)51)34(25-58)37(22-43)64-7-13-74-16-10-67(11-17-75-14-8-65-38-23-44(3,4)20-32(35(38)26-59)41(29-62)78(70,71)47(52,53)54)12-18-76-15-9-66-39-24-45(5,6)21-33(36(39)27-60)42(30-63)79(72,73)48(55,56)57/h64-66H,7-24H2,1-6H3/b40-31+,41-32+,42-33+. The van der Waals surface area contributed by atoms with Crippen molar-refractivity contribution in [2.75, 3.05) is 78.9 Å². The molecular formula is C48H57F9N10O9S3. The molecule has 0 saturated carbocycles. The fraction of sp³-hybridized carbons (Fsp3) is 0.625. The van der Waals surface area contributed by atoms with Crippen LogP contribution in [-0.4, -0.2) is 126 Å². The third-order valence-corrected chi connectivity index (χ3v) is 16.8. The number of rotatable bonds is 24. The molecule has 3 aliphatic carbocycles. The van der Waals surface area contributed by atoms with Crippen LogP contribution in [-0.2, 0) is 43.7 Å². The van der Waals surface area contributed by atoms with Crippen LogP contribution in [0.1, 0.15) is 80.1 Å². The van der Waals surface area contributed by atoms with Gasteiger partial charge in [-0.25, -0.2) is 25.3 Å². The summed E-state index contributed by atoms with van der Waals surface area (Å²) < 4.78 is 213. The van der Waals surface area contributed by atoms with E-state index in [1.165, 1.54) is 0 Å². The summed E-state index contributed by atoms with van der Waals surface area (Å²) in [6.45, 7) is 10.2. The van der Waals surface area contributed by atoms with Gasteiger partial charge in [0.15, 0.2) is 14.7 Å². The van der Waals surface area contributed by atoms with Gasteiger partial charge in [0, 0.05) is 73.1 Å². The molecule has 0 fully saturated rings. The Morgan fingerprint density at radius 3 is 0.861 bits per heavy atom. The normalized spacial score (nSPS) is 20.0. The summed E-state index contributed by atoms with van der Waals surface area (Å²) in [6.07, 6.45) is -0.650. The first kappa shape index (κ1) is 67.1. The summed E-state index contributed by atoms with van der Waals surface area (Å²) in [5.41, 5.74) is -22.8. The van der Waals surface area contributed by atoms with E-state index < -0.39 is 110 Å². The molecule has 0 aromatic carbocycles. The molecule has 19 nitrogen and oxygen atoms in total. The van der Waals surface area contributed by atoms with Crippen molar-refractivity contribution in [3.05, 3.63) is 65.2 Å². The topological polar surface area (TPSA) is 312 Å². The summed E-state index contributed by atoms with van der Waals surface area (Å²) in [5.74, 6) is 0. The zero-order valence-corrected chi connectivity index (χ0v) is 46.1. The third kappa shape index (κ3) is 16.9. The highest BCUT2D eigenvalue weighted by Crippen LogP contribution is 2.47. The Morgan fingerprint density at radius 1 is 0.443 bits per heavy atom. The predicted molar refractivity (Wildman–Crippen MR) is 263 cm³/mol. The number of alkyl halides is 9. The molecule has 0 heterocycles. The predicted octanol–water partition coefficient (Wildman–Crippen LogP) is 7.04. The Kier molecular flexibility index (Phi) is 22.4. The molecule has 79 heavy (non-hydrogen) atoms. The van der Waals surface area contributed by atoms with Gasteiger partial charge in [0.25, 0.3) is 29.5 Å². The molecular weight excluding hydrogens is 1130 g/mol. The highest BCUT2D eigenvalue weighted by molar-refractivity contribution is 7.97. The van der Waals surface area contributed by atoms with Crippen molar-refractivity contribution < 1.29 is 79.0 Å². The van der Waals surface area contributed by atoms with Gasteiger partial charge in [-0.05, 0) is 54.8 Å². The maximum Gasteiger partial charge on any atom is 0.502 e. The number of hydrogen-bond acceptors (Lipinski definition) is 19. The van der Waals surface area contributed by atoms with E-state index in [0.717, 1.165) is 18.2 Å². The third-order valence-electron chi connectivity index (χ3n) is 12.3. The number of allylic oxidation sites excluding steroid dienone is 12. The second-order valence-electron chi connectivity index (χ2n) is 20.5. The lowest BCUT2D eigenvalue weighted by molar-refractivity contribution is -0.0432. The molecule has 0 aromatic heterocycles. The zero-order chi connectivity index (χ0) is 60.2. The van der Waals surface area contributed by atoms with E-state index in [0.29, 0.717) is 0 Å². The molecule has 31 heteroatoms. The largest absolute Gasteiger partial charge is 0.502 e. The van der Waals surface area contributed by atoms with Crippen LogP contribution in [0.3, 0.4) is 0 Å². The summed E-state index contributed by atoms with van der Waals surface area (Å²) in [5, 5.41) is 67.2. The Bertz CT molecular complexity index is 2820. The van der Waals surface area contributed by atoms with Gasteiger partial charge < -0.3 is 30.2 Å². The van der Waals surface area contributed by atoms with Gasteiger partial charge in [-0.1, -0.05) is 41.5 Å². The van der Waals surface area contributed by atoms with Gasteiger partial charge in [-0.2, -0.15) is 71.1 Å². The Morgan fingerprint density at radius 2 is 0.671 bits per heavy atom. The SMILES string of the molecule is CC1(C)CC(NCCOCCN(CCOCCNC2=C(C#N)/C(=C(\C#N)S(=O)(=O)C(F)(F)F)CC(C)(C)C2)CCOCCNC2=C(C#N)/C(=C(\C#N)S(=O)(=O)C(F)(F)F)CC(C)(C)C2)=C(C#N)/C(=C(\C#N)S(=O)(=O)C(F)(F)F)C1. The molecule has 3 N–H and O–H groups in total. The first-order valence-corrected chi connectivity index (χ1v) is 28.2.